The summed E-state index contributed by atoms with van der Waals surface area (Å²) < 4.78 is 1.87. The first kappa shape index (κ1) is 16.4. The van der Waals surface area contributed by atoms with Gasteiger partial charge in [0.25, 0.3) is 0 Å². The van der Waals surface area contributed by atoms with Gasteiger partial charge < -0.3 is 10.0 Å². The number of aliphatic hydroxyl groups is 1. The van der Waals surface area contributed by atoms with Crippen molar-refractivity contribution in [2.75, 3.05) is 6.54 Å². The highest BCUT2D eigenvalue weighted by Gasteiger charge is 2.24. The highest BCUT2D eigenvalue weighted by Crippen LogP contribution is 2.23. The molecule has 0 radical (unpaired) electrons. The fourth-order valence-corrected chi connectivity index (χ4v) is 3.13. The van der Waals surface area contributed by atoms with E-state index in [1.54, 1.807) is 23.5 Å². The van der Waals surface area contributed by atoms with Crippen LogP contribution in [-0.2, 0) is 24.3 Å². The third-order valence-corrected chi connectivity index (χ3v) is 4.51. The zero-order valence-corrected chi connectivity index (χ0v) is 14.2. The summed E-state index contributed by atoms with van der Waals surface area (Å²) in [5.41, 5.74) is 3.00. The quantitative estimate of drug-likeness (QED) is 0.768. The summed E-state index contributed by atoms with van der Waals surface area (Å²) in [7, 11) is 0. The number of hydrogen-bond donors (Lipinski definition) is 1. The number of fused-ring (bicyclic) bond motifs is 1. The van der Waals surface area contributed by atoms with Gasteiger partial charge >= 0.3 is 0 Å². The van der Waals surface area contributed by atoms with Gasteiger partial charge in [-0.05, 0) is 11.6 Å². The first-order valence-corrected chi connectivity index (χ1v) is 8.53. The van der Waals surface area contributed by atoms with Gasteiger partial charge in [-0.15, -0.1) is 0 Å². The molecular weight excluding hydrogens is 330 g/mol. The molecule has 1 aromatic carbocycles. The first-order valence-electron chi connectivity index (χ1n) is 8.53. The molecule has 3 heterocycles. The number of carbonyl (C=O) groups excluding carboxylic acids is 1. The van der Waals surface area contributed by atoms with Gasteiger partial charge in [0.15, 0.2) is 0 Å². The Labute approximate surface area is 150 Å². The van der Waals surface area contributed by atoms with Crippen molar-refractivity contribution in [2.45, 2.75) is 25.6 Å². The highest BCUT2D eigenvalue weighted by atomic mass is 16.3. The lowest BCUT2D eigenvalue weighted by Gasteiger charge is -2.27. The maximum absolute atomic E-state index is 12.5. The van der Waals surface area contributed by atoms with Crippen LogP contribution in [0.1, 0.15) is 28.7 Å². The normalized spacial score (nSPS) is 14.7. The van der Waals surface area contributed by atoms with Gasteiger partial charge in [-0.25, -0.2) is 0 Å². The van der Waals surface area contributed by atoms with Crippen LogP contribution in [0.3, 0.4) is 0 Å². The van der Waals surface area contributed by atoms with Crippen molar-refractivity contribution in [2.24, 2.45) is 0 Å². The van der Waals surface area contributed by atoms with Crippen molar-refractivity contribution >= 4 is 5.91 Å². The molecule has 0 spiro atoms. The molecule has 1 aliphatic heterocycles. The minimum absolute atomic E-state index is 0.0168. The third-order valence-electron chi connectivity index (χ3n) is 4.51. The molecule has 1 amide bonds. The Morgan fingerprint density at radius 2 is 2.04 bits per heavy atom. The number of amides is 1. The Kier molecular flexibility index (Phi) is 4.45. The number of rotatable bonds is 4. The van der Waals surface area contributed by atoms with Crippen LogP contribution >= 0.6 is 0 Å². The minimum atomic E-state index is -0.766. The van der Waals surface area contributed by atoms with E-state index in [0.717, 1.165) is 11.3 Å². The molecule has 1 N–H and O–H groups in total. The van der Waals surface area contributed by atoms with Gasteiger partial charge in [0.1, 0.15) is 6.10 Å². The van der Waals surface area contributed by atoms with Crippen LogP contribution in [0.25, 0.3) is 0 Å². The van der Waals surface area contributed by atoms with Gasteiger partial charge in [0.2, 0.25) is 5.91 Å². The Bertz CT molecular complexity index is 895. The molecule has 0 saturated heterocycles. The van der Waals surface area contributed by atoms with Gasteiger partial charge in [-0.2, -0.15) is 5.10 Å². The summed E-state index contributed by atoms with van der Waals surface area (Å²) in [5.74, 6) is 0.0168. The molecule has 0 unspecified atom stereocenters. The van der Waals surface area contributed by atoms with Gasteiger partial charge in [0, 0.05) is 25.1 Å². The van der Waals surface area contributed by atoms with E-state index >= 15 is 0 Å². The molecule has 2 aromatic heterocycles. The van der Waals surface area contributed by atoms with E-state index in [4.69, 9.17) is 0 Å². The number of nitrogens with zero attached hydrogens (tertiary/aromatic N) is 5. The lowest BCUT2D eigenvalue weighted by Crippen LogP contribution is -2.39. The fourth-order valence-electron chi connectivity index (χ4n) is 3.13. The lowest BCUT2D eigenvalue weighted by atomic mass is 10.1. The lowest BCUT2D eigenvalue weighted by molar-refractivity contribution is -0.132. The van der Waals surface area contributed by atoms with Crippen LogP contribution in [0.4, 0.5) is 0 Å². The average Bonchev–Trinajstić information content (AvgIpc) is 3.12. The maximum atomic E-state index is 12.5. The van der Waals surface area contributed by atoms with Crippen molar-refractivity contribution < 1.29 is 9.90 Å². The second kappa shape index (κ2) is 7.05. The Morgan fingerprint density at radius 1 is 1.19 bits per heavy atom. The summed E-state index contributed by atoms with van der Waals surface area (Å²) in [5, 5.41) is 15.1. The van der Waals surface area contributed by atoms with Crippen molar-refractivity contribution in [3.63, 3.8) is 0 Å². The molecular formula is C19H19N5O2. The van der Waals surface area contributed by atoms with E-state index in [9.17, 15) is 9.90 Å². The monoisotopic (exact) mass is 349 g/mol. The topological polar surface area (TPSA) is 84.1 Å². The zero-order valence-electron chi connectivity index (χ0n) is 14.2. The highest BCUT2D eigenvalue weighted by molar-refractivity contribution is 5.78. The molecule has 0 aliphatic carbocycles. The molecule has 132 valence electrons. The fraction of sp³-hybridized carbons (Fsp3) is 0.263. The van der Waals surface area contributed by atoms with Crippen LogP contribution in [0.5, 0.6) is 0 Å². The van der Waals surface area contributed by atoms with Gasteiger partial charge in [-0.1, -0.05) is 30.3 Å². The third kappa shape index (κ3) is 3.34. The van der Waals surface area contributed by atoms with Gasteiger partial charge in [0.05, 0.1) is 36.6 Å². The van der Waals surface area contributed by atoms with Crippen LogP contribution in [0.2, 0.25) is 0 Å². The summed E-state index contributed by atoms with van der Waals surface area (Å²) in [6, 6.07) is 11.3. The van der Waals surface area contributed by atoms with E-state index in [1.807, 2.05) is 41.1 Å². The molecule has 7 nitrogen and oxygen atoms in total. The predicted octanol–water partition coefficient (Wildman–Crippen LogP) is 1.34. The molecule has 7 heteroatoms. The largest absolute Gasteiger partial charge is 0.382 e. The number of hydrogen-bond acceptors (Lipinski definition) is 5. The Hall–Kier alpha value is -3.06. The Morgan fingerprint density at radius 3 is 2.81 bits per heavy atom. The zero-order chi connectivity index (χ0) is 17.9. The van der Waals surface area contributed by atoms with Crippen molar-refractivity contribution in [1.29, 1.82) is 0 Å². The first-order chi connectivity index (χ1) is 12.7. The molecule has 0 fully saturated rings. The number of aromatic nitrogens is 4. The molecule has 3 aromatic rings. The molecule has 26 heavy (non-hydrogen) atoms. The van der Waals surface area contributed by atoms with E-state index in [1.165, 1.54) is 0 Å². The SMILES string of the molecule is O=C(Cc1cnccn1)N1CCn2nc([C@@H](O)c3ccccc3)cc2C1. The van der Waals surface area contributed by atoms with Crippen molar-refractivity contribution in [1.82, 2.24) is 24.6 Å². The van der Waals surface area contributed by atoms with Crippen LogP contribution in [0, 0.1) is 0 Å². The smallest absolute Gasteiger partial charge is 0.229 e. The van der Waals surface area contributed by atoms with Crippen LogP contribution < -0.4 is 0 Å². The summed E-state index contributed by atoms with van der Waals surface area (Å²) >= 11 is 0. The van der Waals surface area contributed by atoms with E-state index in [2.05, 4.69) is 15.1 Å². The minimum Gasteiger partial charge on any atom is -0.382 e. The average molecular weight is 349 g/mol. The summed E-state index contributed by atoms with van der Waals surface area (Å²) in [6.07, 6.45) is 4.26. The van der Waals surface area contributed by atoms with E-state index in [-0.39, 0.29) is 12.3 Å². The summed E-state index contributed by atoms with van der Waals surface area (Å²) in [6.45, 7) is 1.69. The predicted molar refractivity (Wildman–Crippen MR) is 93.9 cm³/mol. The maximum Gasteiger partial charge on any atom is 0.229 e. The van der Waals surface area contributed by atoms with Crippen LogP contribution in [-0.4, -0.2) is 42.2 Å². The van der Waals surface area contributed by atoms with Crippen LogP contribution in [0.15, 0.2) is 55.0 Å². The molecule has 4 rings (SSSR count). The van der Waals surface area contributed by atoms with Crippen molar-refractivity contribution in [3.8, 4) is 0 Å². The van der Waals surface area contributed by atoms with Crippen molar-refractivity contribution in [3.05, 3.63) is 77.6 Å². The Balaban J connectivity index is 1.47. The molecule has 0 bridgehead atoms. The molecule has 1 aliphatic rings. The molecule has 0 saturated carbocycles. The van der Waals surface area contributed by atoms with E-state index < -0.39 is 6.10 Å². The number of benzene rings is 1. The van der Waals surface area contributed by atoms with Gasteiger partial charge in [-0.3, -0.25) is 19.4 Å². The standard InChI is InChI=1S/C19H19N5O2/c25-18(10-15-12-20-6-7-21-15)23-8-9-24-16(13-23)11-17(22-24)19(26)14-4-2-1-3-5-14/h1-7,11-12,19,26H,8-10,13H2/t19-/m0/s1. The second-order valence-electron chi connectivity index (χ2n) is 6.29. The van der Waals surface area contributed by atoms with E-state index in [0.29, 0.717) is 31.0 Å². The molecule has 1 atom stereocenters. The number of carbonyl (C=O) groups is 1. The second-order valence-corrected chi connectivity index (χ2v) is 6.29. The number of aliphatic hydroxyl groups excluding tert-OH is 1. The summed E-state index contributed by atoms with van der Waals surface area (Å²) in [4.78, 5) is 22.5.